The van der Waals surface area contributed by atoms with Crippen LogP contribution in [0.5, 0.6) is 0 Å². The molecule has 0 aliphatic rings. The molecule has 0 spiro atoms. The minimum atomic E-state index is -0.0877. The number of thiazole rings is 1. The number of benzene rings is 1. The average molecular weight is 339 g/mol. The smallest absolute Gasteiger partial charge is 0.269 e. The van der Waals surface area contributed by atoms with Gasteiger partial charge in [-0.2, -0.15) is 0 Å². The third-order valence-corrected chi connectivity index (χ3v) is 5.24. The molecule has 23 heavy (non-hydrogen) atoms. The van der Waals surface area contributed by atoms with Crippen LogP contribution in [0.2, 0.25) is 0 Å². The quantitative estimate of drug-likeness (QED) is 0.609. The summed E-state index contributed by atoms with van der Waals surface area (Å²) in [5, 5.41) is 6.83. The number of rotatable bonds is 4. The predicted octanol–water partition coefficient (Wildman–Crippen LogP) is 4.05. The number of carbonyl (C=O) groups excluding carboxylic acids is 1. The number of hydrogen-bond donors (Lipinski definition) is 1. The second kappa shape index (κ2) is 5.98. The van der Waals surface area contributed by atoms with E-state index in [1.165, 1.54) is 11.3 Å². The topological polar surface area (TPSA) is 46.4 Å². The molecule has 3 aromatic heterocycles. The first-order valence-electron chi connectivity index (χ1n) is 7.14. The second-order valence-electron chi connectivity index (χ2n) is 5.05. The maximum atomic E-state index is 12.4. The lowest BCUT2D eigenvalue weighted by Crippen LogP contribution is -2.23. The molecular formula is C17H13N3OS2. The number of nitrogens with one attached hydrogen (secondary N) is 1. The zero-order chi connectivity index (χ0) is 15.6. The van der Waals surface area contributed by atoms with Gasteiger partial charge in [0.2, 0.25) is 0 Å². The van der Waals surface area contributed by atoms with E-state index in [0.717, 1.165) is 21.1 Å². The molecule has 0 saturated heterocycles. The van der Waals surface area contributed by atoms with E-state index in [4.69, 9.17) is 0 Å². The summed E-state index contributed by atoms with van der Waals surface area (Å²) in [6.45, 7) is 0.517. The van der Waals surface area contributed by atoms with Gasteiger partial charge in [-0.25, -0.2) is 4.98 Å². The molecule has 4 rings (SSSR count). The Labute approximate surface area is 141 Å². The average Bonchev–Trinajstić information content (AvgIpc) is 3.29. The zero-order valence-electron chi connectivity index (χ0n) is 12.1. The van der Waals surface area contributed by atoms with Gasteiger partial charge in [-0.15, -0.1) is 22.7 Å². The first-order valence-corrected chi connectivity index (χ1v) is 8.90. The summed E-state index contributed by atoms with van der Waals surface area (Å²) >= 11 is 3.12. The normalized spacial score (nSPS) is 11.0. The number of fused-ring (bicyclic) bond motifs is 1. The first-order chi connectivity index (χ1) is 11.3. The minimum Gasteiger partial charge on any atom is -0.347 e. The van der Waals surface area contributed by atoms with Crippen LogP contribution in [-0.2, 0) is 6.54 Å². The molecule has 4 nitrogen and oxygen atoms in total. The van der Waals surface area contributed by atoms with Crippen molar-refractivity contribution in [2.75, 3.05) is 0 Å². The molecular weight excluding hydrogens is 326 g/mol. The lowest BCUT2D eigenvalue weighted by atomic mass is 10.2. The van der Waals surface area contributed by atoms with Gasteiger partial charge in [0.1, 0.15) is 11.4 Å². The standard InChI is InChI=1S/C17H13N3OS2/c21-16(18-9-12-5-2-1-3-6-12)14-11-23-17-19-13(10-20(14)17)15-7-4-8-22-15/h1-8,10-11H,9H2,(H,18,21). The van der Waals surface area contributed by atoms with Gasteiger partial charge in [0.15, 0.2) is 4.96 Å². The maximum absolute atomic E-state index is 12.4. The summed E-state index contributed by atoms with van der Waals surface area (Å²) in [7, 11) is 0. The van der Waals surface area contributed by atoms with Gasteiger partial charge in [-0.3, -0.25) is 9.20 Å². The first kappa shape index (κ1) is 14.2. The fourth-order valence-corrected chi connectivity index (χ4v) is 3.89. The molecule has 114 valence electrons. The molecule has 0 aliphatic heterocycles. The van der Waals surface area contributed by atoms with Gasteiger partial charge in [-0.05, 0) is 17.0 Å². The van der Waals surface area contributed by atoms with Gasteiger partial charge >= 0.3 is 0 Å². The maximum Gasteiger partial charge on any atom is 0.269 e. The Bertz CT molecular complexity index is 939. The monoisotopic (exact) mass is 339 g/mol. The van der Waals surface area contributed by atoms with Crippen LogP contribution in [0.1, 0.15) is 16.1 Å². The van der Waals surface area contributed by atoms with Crippen molar-refractivity contribution in [2.45, 2.75) is 6.54 Å². The fourth-order valence-electron chi connectivity index (χ4n) is 2.36. The van der Waals surface area contributed by atoms with Crippen molar-refractivity contribution in [1.29, 1.82) is 0 Å². The van der Waals surface area contributed by atoms with E-state index in [1.807, 2.05) is 63.8 Å². The zero-order valence-corrected chi connectivity index (χ0v) is 13.7. The molecule has 1 aromatic carbocycles. The molecule has 0 fully saturated rings. The summed E-state index contributed by atoms with van der Waals surface area (Å²) in [5.41, 5.74) is 2.61. The largest absolute Gasteiger partial charge is 0.347 e. The van der Waals surface area contributed by atoms with Crippen LogP contribution in [0.4, 0.5) is 0 Å². The van der Waals surface area contributed by atoms with Crippen molar-refractivity contribution in [3.05, 3.63) is 70.7 Å². The molecule has 1 N–H and O–H groups in total. The van der Waals surface area contributed by atoms with Crippen molar-refractivity contribution >= 4 is 33.5 Å². The molecule has 0 unspecified atom stereocenters. The van der Waals surface area contributed by atoms with E-state index in [-0.39, 0.29) is 5.91 Å². The number of carbonyl (C=O) groups is 1. The molecule has 0 atom stereocenters. The molecule has 0 radical (unpaired) electrons. The highest BCUT2D eigenvalue weighted by Crippen LogP contribution is 2.26. The summed E-state index contributed by atoms with van der Waals surface area (Å²) in [5.74, 6) is -0.0877. The van der Waals surface area contributed by atoms with Crippen LogP contribution < -0.4 is 5.32 Å². The lowest BCUT2D eigenvalue weighted by Gasteiger charge is -2.04. The molecule has 6 heteroatoms. The third-order valence-electron chi connectivity index (χ3n) is 3.51. The third kappa shape index (κ3) is 2.78. The van der Waals surface area contributed by atoms with Crippen LogP contribution in [0.15, 0.2) is 59.4 Å². The molecule has 0 aliphatic carbocycles. The van der Waals surface area contributed by atoms with Gasteiger partial charge in [-0.1, -0.05) is 36.4 Å². The summed E-state index contributed by atoms with van der Waals surface area (Å²) in [6, 6.07) is 13.9. The minimum absolute atomic E-state index is 0.0877. The van der Waals surface area contributed by atoms with E-state index >= 15 is 0 Å². The highest BCUT2D eigenvalue weighted by molar-refractivity contribution is 7.15. The van der Waals surface area contributed by atoms with Crippen molar-refractivity contribution < 1.29 is 4.79 Å². The Hall–Kier alpha value is -2.44. The van der Waals surface area contributed by atoms with Gasteiger partial charge in [0.05, 0.1) is 4.88 Å². The number of aromatic nitrogens is 2. The molecule has 3 heterocycles. The SMILES string of the molecule is O=C(NCc1ccccc1)c1csc2nc(-c3cccs3)cn12. The van der Waals surface area contributed by atoms with Crippen molar-refractivity contribution in [3.8, 4) is 10.6 Å². The number of thiophene rings is 1. The van der Waals surface area contributed by atoms with Crippen molar-refractivity contribution in [1.82, 2.24) is 14.7 Å². The number of amides is 1. The Morgan fingerprint density at radius 2 is 2.00 bits per heavy atom. The van der Waals surface area contributed by atoms with E-state index < -0.39 is 0 Å². The van der Waals surface area contributed by atoms with E-state index in [9.17, 15) is 4.79 Å². The van der Waals surface area contributed by atoms with Crippen molar-refractivity contribution in [2.24, 2.45) is 0 Å². The Balaban J connectivity index is 1.57. The van der Waals surface area contributed by atoms with Crippen LogP contribution in [-0.4, -0.2) is 15.3 Å². The summed E-state index contributed by atoms with van der Waals surface area (Å²) in [6.07, 6.45) is 1.93. The number of nitrogens with zero attached hydrogens (tertiary/aromatic N) is 2. The number of hydrogen-bond acceptors (Lipinski definition) is 4. The summed E-state index contributed by atoms with van der Waals surface area (Å²) < 4.78 is 1.86. The molecule has 0 saturated carbocycles. The van der Waals surface area contributed by atoms with E-state index in [0.29, 0.717) is 12.2 Å². The van der Waals surface area contributed by atoms with Crippen LogP contribution in [0.3, 0.4) is 0 Å². The summed E-state index contributed by atoms with van der Waals surface area (Å²) in [4.78, 5) is 19.0. The molecule has 4 aromatic rings. The van der Waals surface area contributed by atoms with Gasteiger partial charge in [0.25, 0.3) is 5.91 Å². The van der Waals surface area contributed by atoms with E-state index in [1.54, 1.807) is 11.3 Å². The number of imidazole rings is 1. The van der Waals surface area contributed by atoms with Gasteiger partial charge < -0.3 is 5.32 Å². The van der Waals surface area contributed by atoms with Crippen LogP contribution >= 0.6 is 22.7 Å². The van der Waals surface area contributed by atoms with Crippen molar-refractivity contribution in [3.63, 3.8) is 0 Å². The molecule has 0 bridgehead atoms. The lowest BCUT2D eigenvalue weighted by molar-refractivity contribution is 0.0945. The second-order valence-corrected chi connectivity index (χ2v) is 6.83. The van der Waals surface area contributed by atoms with Crippen LogP contribution in [0.25, 0.3) is 15.5 Å². The fraction of sp³-hybridized carbons (Fsp3) is 0.0588. The highest BCUT2D eigenvalue weighted by Gasteiger charge is 2.15. The Kier molecular flexibility index (Phi) is 3.69. The van der Waals surface area contributed by atoms with E-state index in [2.05, 4.69) is 10.3 Å². The Morgan fingerprint density at radius 1 is 1.13 bits per heavy atom. The Morgan fingerprint density at radius 3 is 2.78 bits per heavy atom. The highest BCUT2D eigenvalue weighted by atomic mass is 32.1. The molecule has 1 amide bonds. The van der Waals surface area contributed by atoms with Crippen LogP contribution in [0, 0.1) is 0 Å². The predicted molar refractivity (Wildman–Crippen MR) is 94.0 cm³/mol. The van der Waals surface area contributed by atoms with Gasteiger partial charge in [0, 0.05) is 18.1 Å².